The van der Waals surface area contributed by atoms with Gasteiger partial charge in [0.25, 0.3) is 0 Å². The molecule has 0 aliphatic heterocycles. The highest BCUT2D eigenvalue weighted by molar-refractivity contribution is 5.32. The highest BCUT2D eigenvalue weighted by atomic mass is 19.1. The van der Waals surface area contributed by atoms with Gasteiger partial charge in [-0.1, -0.05) is 32.8 Å². The van der Waals surface area contributed by atoms with Gasteiger partial charge < -0.3 is 10.1 Å². The van der Waals surface area contributed by atoms with Gasteiger partial charge in [-0.2, -0.15) is 0 Å². The molecule has 2 nitrogen and oxygen atoms in total. The minimum absolute atomic E-state index is 0.227. The summed E-state index contributed by atoms with van der Waals surface area (Å²) in [6, 6.07) is 5.60. The quantitative estimate of drug-likeness (QED) is 0.830. The molecule has 1 aromatic carbocycles. The number of nitrogens with one attached hydrogen (secondary N) is 1. The van der Waals surface area contributed by atoms with Crippen molar-refractivity contribution >= 4 is 0 Å². The summed E-state index contributed by atoms with van der Waals surface area (Å²) in [5, 5.41) is 3.63. The van der Waals surface area contributed by atoms with E-state index in [1.807, 2.05) is 6.07 Å². The molecule has 1 atom stereocenters. The Bertz CT molecular complexity index is 441. The van der Waals surface area contributed by atoms with Crippen molar-refractivity contribution in [3.63, 3.8) is 0 Å². The molecule has 0 amide bonds. The first kappa shape index (κ1) is 15.3. The van der Waals surface area contributed by atoms with Crippen LogP contribution in [0.4, 0.5) is 4.39 Å². The maximum Gasteiger partial charge on any atom is 0.165 e. The van der Waals surface area contributed by atoms with E-state index in [0.29, 0.717) is 5.75 Å². The zero-order valence-corrected chi connectivity index (χ0v) is 12.8. The van der Waals surface area contributed by atoms with E-state index in [4.69, 9.17) is 4.74 Å². The van der Waals surface area contributed by atoms with Crippen LogP contribution in [-0.2, 0) is 0 Å². The van der Waals surface area contributed by atoms with E-state index in [9.17, 15) is 4.39 Å². The first-order valence-corrected chi connectivity index (χ1v) is 7.67. The third-order valence-electron chi connectivity index (χ3n) is 4.55. The van der Waals surface area contributed by atoms with Crippen LogP contribution in [-0.4, -0.2) is 13.7 Å². The molecule has 1 N–H and O–H groups in total. The van der Waals surface area contributed by atoms with Crippen molar-refractivity contribution in [1.29, 1.82) is 0 Å². The van der Waals surface area contributed by atoms with Crippen LogP contribution in [0.25, 0.3) is 0 Å². The minimum atomic E-state index is -0.269. The van der Waals surface area contributed by atoms with E-state index in [1.54, 1.807) is 12.1 Å². The van der Waals surface area contributed by atoms with Gasteiger partial charge in [0.2, 0.25) is 0 Å². The molecule has 1 aliphatic carbocycles. The summed E-state index contributed by atoms with van der Waals surface area (Å²) in [5.41, 5.74) is 1.28. The SMILES string of the molecule is CCCNC(c1ccc(OC)c(F)c1)C1(C)CCCC1. The Morgan fingerprint density at radius 1 is 1.35 bits per heavy atom. The topological polar surface area (TPSA) is 21.3 Å². The lowest BCUT2D eigenvalue weighted by Gasteiger charge is -2.35. The lowest BCUT2D eigenvalue weighted by atomic mass is 9.77. The molecule has 0 spiro atoms. The molecule has 1 fully saturated rings. The van der Waals surface area contributed by atoms with Crippen LogP contribution in [0.1, 0.15) is 57.6 Å². The van der Waals surface area contributed by atoms with Gasteiger partial charge in [0.1, 0.15) is 0 Å². The number of hydrogen-bond acceptors (Lipinski definition) is 2. The van der Waals surface area contributed by atoms with Crippen molar-refractivity contribution < 1.29 is 9.13 Å². The smallest absolute Gasteiger partial charge is 0.165 e. The summed E-state index contributed by atoms with van der Waals surface area (Å²) in [4.78, 5) is 0. The van der Waals surface area contributed by atoms with E-state index in [0.717, 1.165) is 18.5 Å². The summed E-state index contributed by atoms with van der Waals surface area (Å²) in [5.74, 6) is 0.0504. The van der Waals surface area contributed by atoms with Crippen molar-refractivity contribution in [3.8, 4) is 5.75 Å². The van der Waals surface area contributed by atoms with E-state index in [2.05, 4.69) is 19.2 Å². The number of rotatable bonds is 6. The number of benzene rings is 1. The van der Waals surface area contributed by atoms with Crippen molar-refractivity contribution in [1.82, 2.24) is 5.32 Å². The Hall–Kier alpha value is -1.09. The number of halogens is 1. The lowest BCUT2D eigenvalue weighted by molar-refractivity contribution is 0.223. The largest absolute Gasteiger partial charge is 0.494 e. The van der Waals surface area contributed by atoms with Crippen LogP contribution < -0.4 is 10.1 Å². The highest BCUT2D eigenvalue weighted by Crippen LogP contribution is 2.47. The van der Waals surface area contributed by atoms with Gasteiger partial charge in [-0.05, 0) is 48.9 Å². The van der Waals surface area contributed by atoms with Gasteiger partial charge in [0.15, 0.2) is 11.6 Å². The summed E-state index contributed by atoms with van der Waals surface area (Å²) >= 11 is 0. The molecule has 1 unspecified atom stereocenters. The highest BCUT2D eigenvalue weighted by Gasteiger charge is 2.37. The van der Waals surface area contributed by atoms with E-state index in [-0.39, 0.29) is 17.3 Å². The predicted molar refractivity (Wildman–Crippen MR) is 80.6 cm³/mol. The molecule has 0 saturated heterocycles. The van der Waals surface area contributed by atoms with Crippen LogP contribution in [0.5, 0.6) is 5.75 Å². The maximum absolute atomic E-state index is 14.0. The first-order chi connectivity index (χ1) is 9.60. The molecule has 2 rings (SSSR count). The fourth-order valence-electron chi connectivity index (χ4n) is 3.39. The molecule has 0 heterocycles. The van der Waals surface area contributed by atoms with Gasteiger partial charge in [0, 0.05) is 6.04 Å². The van der Waals surface area contributed by atoms with Crippen molar-refractivity contribution in [2.45, 2.75) is 52.0 Å². The van der Waals surface area contributed by atoms with E-state index >= 15 is 0 Å². The maximum atomic E-state index is 14.0. The molecule has 0 bridgehead atoms. The van der Waals surface area contributed by atoms with Gasteiger partial charge in [-0.25, -0.2) is 4.39 Å². The molecule has 3 heteroatoms. The standard InChI is InChI=1S/C17H26FNO/c1-4-11-19-16(17(2)9-5-6-10-17)13-7-8-15(20-3)14(18)12-13/h7-8,12,16,19H,4-6,9-11H2,1-3H3. The van der Waals surface area contributed by atoms with Crippen LogP contribution in [0, 0.1) is 11.2 Å². The Morgan fingerprint density at radius 3 is 2.60 bits per heavy atom. The van der Waals surface area contributed by atoms with Gasteiger partial charge in [-0.15, -0.1) is 0 Å². The Kier molecular flexibility index (Phi) is 5.03. The average molecular weight is 279 g/mol. The molecule has 0 radical (unpaired) electrons. The molecular formula is C17H26FNO. The first-order valence-electron chi connectivity index (χ1n) is 7.67. The van der Waals surface area contributed by atoms with Gasteiger partial charge >= 0.3 is 0 Å². The van der Waals surface area contributed by atoms with Crippen molar-refractivity contribution in [2.24, 2.45) is 5.41 Å². The summed E-state index contributed by atoms with van der Waals surface area (Å²) < 4.78 is 19.0. The second-order valence-electron chi connectivity index (χ2n) is 6.14. The summed E-state index contributed by atoms with van der Waals surface area (Å²) in [6.45, 7) is 5.46. The zero-order valence-electron chi connectivity index (χ0n) is 12.8. The molecule has 112 valence electrons. The monoisotopic (exact) mass is 279 g/mol. The normalized spacial score (nSPS) is 19.0. The number of methoxy groups -OCH3 is 1. The van der Waals surface area contributed by atoms with E-state index in [1.165, 1.54) is 32.8 Å². The van der Waals surface area contributed by atoms with Crippen LogP contribution in [0.2, 0.25) is 0 Å². The molecule has 0 aromatic heterocycles. The summed E-state index contributed by atoms with van der Waals surface area (Å²) in [6.07, 6.45) is 6.06. The fraction of sp³-hybridized carbons (Fsp3) is 0.647. The number of hydrogen-bond donors (Lipinski definition) is 1. The molecule has 1 saturated carbocycles. The second-order valence-corrected chi connectivity index (χ2v) is 6.14. The minimum Gasteiger partial charge on any atom is -0.494 e. The van der Waals surface area contributed by atoms with Crippen molar-refractivity contribution in [3.05, 3.63) is 29.6 Å². The van der Waals surface area contributed by atoms with Crippen LogP contribution >= 0.6 is 0 Å². The Balaban J connectivity index is 2.28. The third-order valence-corrected chi connectivity index (χ3v) is 4.55. The Morgan fingerprint density at radius 2 is 2.05 bits per heavy atom. The van der Waals surface area contributed by atoms with E-state index < -0.39 is 0 Å². The molecule has 1 aromatic rings. The predicted octanol–water partition coefficient (Wildman–Crippen LogP) is 4.46. The van der Waals surface area contributed by atoms with Crippen LogP contribution in [0.15, 0.2) is 18.2 Å². The van der Waals surface area contributed by atoms with Crippen LogP contribution in [0.3, 0.4) is 0 Å². The third kappa shape index (κ3) is 3.14. The second kappa shape index (κ2) is 6.57. The van der Waals surface area contributed by atoms with Crippen molar-refractivity contribution in [2.75, 3.05) is 13.7 Å². The van der Waals surface area contributed by atoms with Gasteiger partial charge in [-0.3, -0.25) is 0 Å². The molecule has 1 aliphatic rings. The summed E-state index contributed by atoms with van der Waals surface area (Å²) in [7, 11) is 1.50. The zero-order chi connectivity index (χ0) is 14.6. The Labute approximate surface area is 121 Å². The average Bonchev–Trinajstić information content (AvgIpc) is 2.87. The van der Waals surface area contributed by atoms with Gasteiger partial charge in [0.05, 0.1) is 7.11 Å². The molecule has 20 heavy (non-hydrogen) atoms. The lowest BCUT2D eigenvalue weighted by Crippen LogP contribution is -2.35. The number of ether oxygens (including phenoxy) is 1. The molecular weight excluding hydrogens is 253 g/mol. The fourth-order valence-corrected chi connectivity index (χ4v) is 3.39.